The molecule has 7 rings (SSSR count). The van der Waals surface area contributed by atoms with Crippen LogP contribution in [0.3, 0.4) is 0 Å². The highest BCUT2D eigenvalue weighted by Gasteiger charge is 2.15. The van der Waals surface area contributed by atoms with Crippen molar-refractivity contribution in [3.05, 3.63) is 166 Å². The average Bonchev–Trinajstić information content (AvgIpc) is 3.13. The van der Waals surface area contributed by atoms with Gasteiger partial charge in [0.05, 0.1) is 23.6 Å². The molecule has 4 nitrogen and oxygen atoms in total. The monoisotopic (exact) mass is 612 g/mol. The van der Waals surface area contributed by atoms with E-state index in [0.717, 1.165) is 76.1 Å². The SMILES string of the molecule is Nc1ccccc1N(Cc1ccc(-c2ccc(C(=NCC3=CC=CCC3)c3ccc4c(c3N)=CCCC=4)cc2)cc1)c1ccccc1. The molecule has 4 heteroatoms. The van der Waals surface area contributed by atoms with Gasteiger partial charge in [-0.05, 0) is 77.4 Å². The zero-order chi connectivity index (χ0) is 32.0. The van der Waals surface area contributed by atoms with Crippen LogP contribution in [0.25, 0.3) is 23.3 Å². The Kier molecular flexibility index (Phi) is 8.83. The summed E-state index contributed by atoms with van der Waals surface area (Å²) in [5, 5.41) is 2.36. The van der Waals surface area contributed by atoms with Crippen LogP contribution in [0.15, 0.2) is 144 Å². The Morgan fingerprint density at radius 1 is 0.702 bits per heavy atom. The van der Waals surface area contributed by atoms with E-state index in [0.29, 0.717) is 13.1 Å². The van der Waals surface area contributed by atoms with Crippen LogP contribution >= 0.6 is 0 Å². The number of nitrogens with two attached hydrogens (primary N) is 2. The fraction of sp³-hybridized carbons (Fsp3) is 0.140. The fourth-order valence-corrected chi connectivity index (χ4v) is 6.49. The van der Waals surface area contributed by atoms with E-state index in [4.69, 9.17) is 16.5 Å². The number of hydrogen-bond acceptors (Lipinski definition) is 4. The second kappa shape index (κ2) is 13.8. The van der Waals surface area contributed by atoms with Crippen molar-refractivity contribution in [3.63, 3.8) is 0 Å². The molecule has 0 spiro atoms. The van der Waals surface area contributed by atoms with Crippen molar-refractivity contribution >= 4 is 40.6 Å². The molecule has 4 N–H and O–H groups in total. The minimum Gasteiger partial charge on any atom is -0.398 e. The van der Waals surface area contributed by atoms with Crippen molar-refractivity contribution < 1.29 is 0 Å². The quantitative estimate of drug-likeness (QED) is 0.130. The molecule has 0 amide bonds. The van der Waals surface area contributed by atoms with Gasteiger partial charge in [0.15, 0.2) is 0 Å². The van der Waals surface area contributed by atoms with Crippen LogP contribution < -0.4 is 26.8 Å². The normalized spacial score (nSPS) is 14.0. The molecule has 2 aliphatic rings. The van der Waals surface area contributed by atoms with E-state index >= 15 is 0 Å². The van der Waals surface area contributed by atoms with Gasteiger partial charge < -0.3 is 16.4 Å². The number of fused-ring (bicyclic) bond motifs is 1. The molecule has 0 saturated carbocycles. The maximum absolute atomic E-state index is 6.83. The first-order chi connectivity index (χ1) is 23.1. The Bertz CT molecular complexity index is 2090. The number of nitrogen functional groups attached to an aromatic ring is 2. The third kappa shape index (κ3) is 6.68. The van der Waals surface area contributed by atoms with E-state index in [2.05, 4.69) is 126 Å². The lowest BCUT2D eigenvalue weighted by Gasteiger charge is -2.26. The summed E-state index contributed by atoms with van der Waals surface area (Å²) in [6.45, 7) is 1.38. The van der Waals surface area contributed by atoms with E-state index in [1.807, 2.05) is 24.3 Å². The van der Waals surface area contributed by atoms with Gasteiger partial charge >= 0.3 is 0 Å². The van der Waals surface area contributed by atoms with Gasteiger partial charge in [0.25, 0.3) is 0 Å². The smallest absolute Gasteiger partial charge is 0.0743 e. The largest absolute Gasteiger partial charge is 0.398 e. The lowest BCUT2D eigenvalue weighted by Crippen LogP contribution is -2.31. The molecular formula is C43H40N4. The fourth-order valence-electron chi connectivity index (χ4n) is 6.49. The summed E-state index contributed by atoms with van der Waals surface area (Å²) in [5.74, 6) is 0. The van der Waals surface area contributed by atoms with Gasteiger partial charge in [-0.3, -0.25) is 4.99 Å². The number of allylic oxidation sites excluding steroid dienone is 3. The van der Waals surface area contributed by atoms with Crippen LogP contribution in [0, 0.1) is 0 Å². The predicted molar refractivity (Wildman–Crippen MR) is 200 cm³/mol. The minimum absolute atomic E-state index is 0.671. The highest BCUT2D eigenvalue weighted by molar-refractivity contribution is 6.16. The summed E-state index contributed by atoms with van der Waals surface area (Å²) in [4.78, 5) is 7.46. The molecule has 0 radical (unpaired) electrons. The number of nitrogens with zero attached hydrogens (tertiary/aromatic N) is 2. The third-order valence-corrected chi connectivity index (χ3v) is 9.08. The van der Waals surface area contributed by atoms with Gasteiger partial charge in [-0.25, -0.2) is 0 Å². The van der Waals surface area contributed by atoms with Crippen LogP contribution in [0.4, 0.5) is 22.7 Å². The van der Waals surface area contributed by atoms with Gasteiger partial charge in [0.1, 0.15) is 0 Å². The molecule has 0 fully saturated rings. The Balaban J connectivity index is 1.17. The molecule has 232 valence electrons. The molecule has 0 saturated heterocycles. The molecule has 0 heterocycles. The van der Waals surface area contributed by atoms with Crippen LogP contribution in [-0.4, -0.2) is 12.3 Å². The highest BCUT2D eigenvalue weighted by atomic mass is 15.1. The maximum Gasteiger partial charge on any atom is 0.0743 e. The molecule has 0 bridgehead atoms. The van der Waals surface area contributed by atoms with Crippen LogP contribution in [-0.2, 0) is 6.54 Å². The van der Waals surface area contributed by atoms with Crippen LogP contribution in [0.2, 0.25) is 0 Å². The standard InChI is InChI=1S/C43H40N4/c44-40-17-9-10-18-41(40)47(37-14-5-2-6-15-37)30-32-19-21-33(22-20-32)34-23-25-36(26-24-34)43(46-29-31-11-3-1-4-12-31)39-28-27-35-13-7-8-16-38(35)42(39)45/h1-3,5-6,9-11,13-28H,4,7-8,12,29-30,44-45H2. The molecule has 0 atom stereocenters. The van der Waals surface area contributed by atoms with E-state index < -0.39 is 0 Å². The van der Waals surface area contributed by atoms with Crippen molar-refractivity contribution in [2.45, 2.75) is 32.2 Å². The van der Waals surface area contributed by atoms with E-state index in [-0.39, 0.29) is 0 Å². The van der Waals surface area contributed by atoms with Crippen molar-refractivity contribution in [1.29, 1.82) is 0 Å². The lowest BCUT2D eigenvalue weighted by atomic mass is 9.94. The second-order valence-electron chi connectivity index (χ2n) is 12.2. The molecule has 0 unspecified atom stereocenters. The Hall–Kier alpha value is -5.61. The molecule has 0 aliphatic heterocycles. The van der Waals surface area contributed by atoms with Gasteiger partial charge in [-0.2, -0.15) is 0 Å². The summed E-state index contributed by atoms with van der Waals surface area (Å²) < 4.78 is 0. The first-order valence-electron chi connectivity index (χ1n) is 16.5. The molecule has 0 aromatic heterocycles. The lowest BCUT2D eigenvalue weighted by molar-refractivity contribution is 0.916. The predicted octanol–water partition coefficient (Wildman–Crippen LogP) is 8.32. The minimum atomic E-state index is 0.671. The summed E-state index contributed by atoms with van der Waals surface area (Å²) in [6, 6.07) is 40.3. The van der Waals surface area contributed by atoms with Gasteiger partial charge in [0.2, 0.25) is 0 Å². The number of para-hydroxylation sites is 3. The Labute approximate surface area is 277 Å². The number of rotatable bonds is 9. The summed E-state index contributed by atoms with van der Waals surface area (Å²) in [6.07, 6.45) is 15.3. The molecular weight excluding hydrogens is 573 g/mol. The number of anilines is 4. The Morgan fingerprint density at radius 3 is 2.17 bits per heavy atom. The second-order valence-corrected chi connectivity index (χ2v) is 12.2. The third-order valence-electron chi connectivity index (χ3n) is 9.08. The zero-order valence-electron chi connectivity index (χ0n) is 26.6. The summed E-state index contributed by atoms with van der Waals surface area (Å²) >= 11 is 0. The molecule has 5 aromatic carbocycles. The first-order valence-corrected chi connectivity index (χ1v) is 16.5. The Morgan fingerprint density at radius 2 is 1.43 bits per heavy atom. The summed E-state index contributed by atoms with van der Waals surface area (Å²) in [7, 11) is 0. The number of aliphatic imine (C=N–C) groups is 1. The van der Waals surface area contributed by atoms with E-state index in [1.54, 1.807) is 0 Å². The molecule has 47 heavy (non-hydrogen) atoms. The van der Waals surface area contributed by atoms with Gasteiger partial charge in [0, 0.05) is 34.3 Å². The topological polar surface area (TPSA) is 67.6 Å². The van der Waals surface area contributed by atoms with Crippen molar-refractivity contribution in [2.24, 2.45) is 4.99 Å². The van der Waals surface area contributed by atoms with Gasteiger partial charge in [-0.1, -0.05) is 121 Å². The number of hydrogen-bond donors (Lipinski definition) is 2. The first kappa shape index (κ1) is 30.1. The van der Waals surface area contributed by atoms with Crippen LogP contribution in [0.5, 0.6) is 0 Å². The average molecular weight is 613 g/mol. The van der Waals surface area contributed by atoms with Crippen molar-refractivity contribution in [2.75, 3.05) is 22.9 Å². The number of benzene rings is 5. The molecule has 2 aliphatic carbocycles. The summed E-state index contributed by atoms with van der Waals surface area (Å²) in [5.41, 5.74) is 24.8. The van der Waals surface area contributed by atoms with E-state index in [9.17, 15) is 0 Å². The van der Waals surface area contributed by atoms with Gasteiger partial charge in [-0.15, -0.1) is 0 Å². The highest BCUT2D eigenvalue weighted by Crippen LogP contribution is 2.32. The van der Waals surface area contributed by atoms with Crippen LogP contribution in [0.1, 0.15) is 42.4 Å². The van der Waals surface area contributed by atoms with E-state index in [1.165, 1.54) is 21.9 Å². The van der Waals surface area contributed by atoms with Crippen molar-refractivity contribution in [3.8, 4) is 11.1 Å². The molecule has 5 aromatic rings. The van der Waals surface area contributed by atoms with Crippen molar-refractivity contribution in [1.82, 2.24) is 0 Å². The maximum atomic E-state index is 6.83. The zero-order valence-corrected chi connectivity index (χ0v) is 26.6.